The van der Waals surface area contributed by atoms with E-state index < -0.39 is 20.7 Å². The van der Waals surface area contributed by atoms with Gasteiger partial charge in [-0.15, -0.1) is 0 Å². The molecule has 0 fully saturated rings. The molecule has 6 heteroatoms. The fourth-order valence-corrected chi connectivity index (χ4v) is 2.24. The van der Waals surface area contributed by atoms with Gasteiger partial charge in [0.1, 0.15) is 0 Å². The van der Waals surface area contributed by atoms with Crippen molar-refractivity contribution >= 4 is 19.7 Å². The van der Waals surface area contributed by atoms with E-state index in [1.165, 1.54) is 24.3 Å². The second-order valence-corrected chi connectivity index (χ2v) is 6.01. The van der Waals surface area contributed by atoms with Crippen molar-refractivity contribution in [2.45, 2.75) is 18.6 Å². The van der Waals surface area contributed by atoms with Crippen molar-refractivity contribution in [3.05, 3.63) is 35.4 Å². The molecule has 15 heavy (non-hydrogen) atoms. The molecule has 0 aliphatic heterocycles. The van der Waals surface area contributed by atoms with Gasteiger partial charge in [0.25, 0.3) is 5.92 Å². The molecule has 0 aliphatic carbocycles. The molecule has 0 spiro atoms. The van der Waals surface area contributed by atoms with Crippen LogP contribution >= 0.6 is 10.7 Å². The minimum atomic E-state index is -3.82. The standard InChI is InChI=1S/C9H9ClF2O2S/c1-9(11,12)8-5-3-2-4-7(8)6-15(10,13)14/h2-5H,6H2,1H3. The number of hydrogen-bond acceptors (Lipinski definition) is 2. The summed E-state index contributed by atoms with van der Waals surface area (Å²) in [6.07, 6.45) is 0. The van der Waals surface area contributed by atoms with Crippen molar-refractivity contribution in [2.75, 3.05) is 0 Å². The summed E-state index contributed by atoms with van der Waals surface area (Å²) in [6.45, 7) is 0.715. The van der Waals surface area contributed by atoms with Crippen LogP contribution in [0.2, 0.25) is 0 Å². The van der Waals surface area contributed by atoms with Gasteiger partial charge in [0.15, 0.2) is 0 Å². The molecule has 84 valence electrons. The lowest BCUT2D eigenvalue weighted by molar-refractivity contribution is 0.0167. The third-order valence-corrected chi connectivity index (χ3v) is 2.80. The number of benzene rings is 1. The molecule has 1 rings (SSSR count). The maximum Gasteiger partial charge on any atom is 0.270 e. The Morgan fingerprint density at radius 2 is 1.87 bits per heavy atom. The van der Waals surface area contributed by atoms with Crippen molar-refractivity contribution in [1.29, 1.82) is 0 Å². The molecule has 0 N–H and O–H groups in total. The second-order valence-electron chi connectivity index (χ2n) is 3.23. The first-order valence-corrected chi connectivity index (χ1v) is 6.56. The monoisotopic (exact) mass is 254 g/mol. The fraction of sp³-hybridized carbons (Fsp3) is 0.333. The summed E-state index contributed by atoms with van der Waals surface area (Å²) in [7, 11) is 1.20. The van der Waals surface area contributed by atoms with Crippen molar-refractivity contribution in [1.82, 2.24) is 0 Å². The van der Waals surface area contributed by atoms with Crippen LogP contribution in [0.3, 0.4) is 0 Å². The Balaban J connectivity index is 3.19. The van der Waals surface area contributed by atoms with E-state index in [9.17, 15) is 17.2 Å². The van der Waals surface area contributed by atoms with Crippen LogP contribution in [-0.2, 0) is 20.7 Å². The largest absolute Gasteiger partial charge is 0.270 e. The van der Waals surface area contributed by atoms with Gasteiger partial charge in [-0.2, -0.15) is 0 Å². The Hall–Kier alpha value is -0.680. The normalized spacial score (nSPS) is 12.8. The van der Waals surface area contributed by atoms with E-state index in [2.05, 4.69) is 0 Å². The topological polar surface area (TPSA) is 34.1 Å². The first kappa shape index (κ1) is 12.4. The Morgan fingerprint density at radius 3 is 2.33 bits per heavy atom. The second kappa shape index (κ2) is 4.06. The summed E-state index contributed by atoms with van der Waals surface area (Å²) in [6, 6.07) is 5.44. The molecule has 0 unspecified atom stereocenters. The minimum absolute atomic E-state index is 0.0278. The zero-order chi connectivity index (χ0) is 11.7. The Bertz CT molecular complexity index is 451. The van der Waals surface area contributed by atoms with Crippen molar-refractivity contribution in [2.24, 2.45) is 0 Å². The molecule has 1 aromatic rings. The van der Waals surface area contributed by atoms with Crippen LogP contribution in [0, 0.1) is 0 Å². The molecule has 0 saturated heterocycles. The minimum Gasteiger partial charge on any atom is -0.212 e. The maximum absolute atomic E-state index is 13.1. The number of alkyl halides is 2. The highest BCUT2D eigenvalue weighted by Gasteiger charge is 2.28. The van der Waals surface area contributed by atoms with E-state index in [0.29, 0.717) is 6.92 Å². The molecule has 0 saturated carbocycles. The highest BCUT2D eigenvalue weighted by atomic mass is 35.7. The molecule has 0 atom stereocenters. The van der Waals surface area contributed by atoms with Gasteiger partial charge in [-0.05, 0) is 5.56 Å². The Morgan fingerprint density at radius 1 is 1.33 bits per heavy atom. The predicted octanol–water partition coefficient (Wildman–Crippen LogP) is 2.87. The van der Waals surface area contributed by atoms with Gasteiger partial charge in [-0.1, -0.05) is 24.3 Å². The highest BCUT2D eigenvalue weighted by Crippen LogP contribution is 2.30. The lowest BCUT2D eigenvalue weighted by Crippen LogP contribution is -2.12. The van der Waals surface area contributed by atoms with Gasteiger partial charge in [0, 0.05) is 23.2 Å². The summed E-state index contributed by atoms with van der Waals surface area (Å²) < 4.78 is 47.7. The first-order valence-electron chi connectivity index (χ1n) is 4.09. The molecular formula is C9H9ClF2O2S. The van der Waals surface area contributed by atoms with Gasteiger partial charge in [-0.25, -0.2) is 17.2 Å². The van der Waals surface area contributed by atoms with Gasteiger partial charge in [0.05, 0.1) is 5.75 Å². The van der Waals surface area contributed by atoms with E-state index in [1.807, 2.05) is 0 Å². The molecule has 0 bridgehead atoms. The zero-order valence-corrected chi connectivity index (χ0v) is 9.45. The quantitative estimate of drug-likeness (QED) is 0.778. The number of halogens is 3. The zero-order valence-electron chi connectivity index (χ0n) is 7.88. The third-order valence-electron chi connectivity index (χ3n) is 1.82. The number of rotatable bonds is 3. The summed E-state index contributed by atoms with van der Waals surface area (Å²) in [5.74, 6) is -3.66. The van der Waals surface area contributed by atoms with E-state index in [1.54, 1.807) is 0 Å². The van der Waals surface area contributed by atoms with Crippen molar-refractivity contribution in [3.63, 3.8) is 0 Å². The van der Waals surface area contributed by atoms with E-state index in [0.717, 1.165) is 0 Å². The molecular weight excluding hydrogens is 246 g/mol. The molecule has 0 heterocycles. The Labute approximate surface area is 91.3 Å². The maximum atomic E-state index is 13.1. The van der Waals surface area contributed by atoms with Gasteiger partial charge in [-0.3, -0.25) is 0 Å². The predicted molar refractivity (Wildman–Crippen MR) is 54.5 cm³/mol. The van der Waals surface area contributed by atoms with Crippen LogP contribution in [0.4, 0.5) is 8.78 Å². The summed E-state index contributed by atoms with van der Waals surface area (Å²) in [4.78, 5) is 0. The van der Waals surface area contributed by atoms with E-state index in [-0.39, 0.29) is 11.1 Å². The number of hydrogen-bond donors (Lipinski definition) is 0. The van der Waals surface area contributed by atoms with Crippen LogP contribution < -0.4 is 0 Å². The molecule has 2 nitrogen and oxygen atoms in total. The van der Waals surface area contributed by atoms with Gasteiger partial charge in [0.2, 0.25) is 9.05 Å². The van der Waals surface area contributed by atoms with E-state index >= 15 is 0 Å². The lowest BCUT2D eigenvalue weighted by atomic mass is 10.0. The molecule has 0 aromatic heterocycles. The first-order chi connectivity index (χ1) is 6.70. The van der Waals surface area contributed by atoms with Gasteiger partial charge >= 0.3 is 0 Å². The molecule has 1 aromatic carbocycles. The lowest BCUT2D eigenvalue weighted by Gasteiger charge is -2.14. The summed E-state index contributed by atoms with van der Waals surface area (Å²) in [5, 5.41) is 0. The average Bonchev–Trinajstić information content (AvgIpc) is 1.99. The molecule has 0 radical (unpaired) electrons. The van der Waals surface area contributed by atoms with Crippen molar-refractivity contribution < 1.29 is 17.2 Å². The average molecular weight is 255 g/mol. The third kappa shape index (κ3) is 3.76. The van der Waals surface area contributed by atoms with Crippen molar-refractivity contribution in [3.8, 4) is 0 Å². The van der Waals surface area contributed by atoms with Crippen LogP contribution in [0.1, 0.15) is 18.1 Å². The van der Waals surface area contributed by atoms with E-state index in [4.69, 9.17) is 10.7 Å². The summed E-state index contributed by atoms with van der Waals surface area (Å²) >= 11 is 0. The fourth-order valence-electron chi connectivity index (χ4n) is 1.26. The molecule has 0 aliphatic rings. The smallest absolute Gasteiger partial charge is 0.212 e. The van der Waals surface area contributed by atoms with Crippen LogP contribution in [-0.4, -0.2) is 8.42 Å². The van der Waals surface area contributed by atoms with Crippen LogP contribution in [0.25, 0.3) is 0 Å². The van der Waals surface area contributed by atoms with Gasteiger partial charge < -0.3 is 0 Å². The SMILES string of the molecule is CC(F)(F)c1ccccc1CS(=O)(=O)Cl. The summed E-state index contributed by atoms with van der Waals surface area (Å²) in [5.41, 5.74) is -0.283. The van der Waals surface area contributed by atoms with Crippen LogP contribution in [0.5, 0.6) is 0 Å². The Kier molecular flexibility index (Phi) is 3.35. The van der Waals surface area contributed by atoms with Crippen LogP contribution in [0.15, 0.2) is 24.3 Å². The highest BCUT2D eigenvalue weighted by molar-refractivity contribution is 8.13. The molecule has 0 amide bonds.